The van der Waals surface area contributed by atoms with Crippen LogP contribution in [0.1, 0.15) is 30.4 Å². The minimum atomic E-state index is -3.66. The van der Waals surface area contributed by atoms with Crippen LogP contribution in [0.4, 0.5) is 5.69 Å². The number of sulfonamides is 1. The number of hydrogen-bond acceptors (Lipinski definition) is 4. The Morgan fingerprint density at radius 2 is 2.05 bits per heavy atom. The standard InChI is InChI=1S/C14H22N2O3S/c1-9-6-7-12(15)14(10(9)2)20(18,19)16-13-5-3-4-11(13)8-17/h6-7,11,13,16-17H,3-5,8,15H2,1-2H3. The van der Waals surface area contributed by atoms with Gasteiger partial charge in [-0.1, -0.05) is 12.5 Å². The second kappa shape index (κ2) is 5.71. The molecule has 0 radical (unpaired) electrons. The molecule has 0 bridgehead atoms. The van der Waals surface area contributed by atoms with E-state index in [9.17, 15) is 13.5 Å². The zero-order valence-electron chi connectivity index (χ0n) is 11.9. The van der Waals surface area contributed by atoms with Crippen LogP contribution in [0.2, 0.25) is 0 Å². The maximum atomic E-state index is 12.6. The summed E-state index contributed by atoms with van der Waals surface area (Å²) in [7, 11) is -3.66. The molecule has 0 spiro atoms. The average Bonchev–Trinajstić information content (AvgIpc) is 2.80. The molecule has 0 aromatic heterocycles. The van der Waals surface area contributed by atoms with Gasteiger partial charge in [-0.2, -0.15) is 0 Å². The van der Waals surface area contributed by atoms with Crippen molar-refractivity contribution in [3.8, 4) is 0 Å². The first-order valence-corrected chi connectivity index (χ1v) is 8.34. The number of anilines is 1. The first kappa shape index (κ1) is 15.3. The van der Waals surface area contributed by atoms with Gasteiger partial charge in [-0.05, 0) is 49.8 Å². The number of benzene rings is 1. The van der Waals surface area contributed by atoms with Crippen LogP contribution in [-0.4, -0.2) is 26.2 Å². The zero-order valence-corrected chi connectivity index (χ0v) is 12.7. The number of nitrogen functional groups attached to an aromatic ring is 1. The van der Waals surface area contributed by atoms with Crippen LogP contribution in [0.3, 0.4) is 0 Å². The van der Waals surface area contributed by atoms with Crippen LogP contribution in [0.15, 0.2) is 17.0 Å². The van der Waals surface area contributed by atoms with Gasteiger partial charge in [-0.3, -0.25) is 0 Å². The molecule has 1 aliphatic carbocycles. The first-order valence-electron chi connectivity index (χ1n) is 6.85. The summed E-state index contributed by atoms with van der Waals surface area (Å²) in [6, 6.07) is 3.23. The minimum absolute atomic E-state index is 0.00360. The van der Waals surface area contributed by atoms with E-state index in [0.717, 1.165) is 24.8 Å². The summed E-state index contributed by atoms with van der Waals surface area (Å²) in [5.74, 6) is -0.00360. The lowest BCUT2D eigenvalue weighted by atomic mass is 10.1. The number of hydrogen-bond donors (Lipinski definition) is 3. The number of aliphatic hydroxyl groups excluding tert-OH is 1. The molecule has 0 aliphatic heterocycles. The molecule has 2 rings (SSSR count). The quantitative estimate of drug-likeness (QED) is 0.731. The highest BCUT2D eigenvalue weighted by Crippen LogP contribution is 2.29. The average molecular weight is 298 g/mol. The van der Waals surface area contributed by atoms with E-state index in [-0.39, 0.29) is 29.1 Å². The maximum Gasteiger partial charge on any atom is 0.243 e. The summed E-state index contributed by atoms with van der Waals surface area (Å²) in [4.78, 5) is 0.168. The molecule has 5 nitrogen and oxygen atoms in total. The fourth-order valence-electron chi connectivity index (χ4n) is 2.84. The molecule has 20 heavy (non-hydrogen) atoms. The normalized spacial score (nSPS) is 23.1. The van der Waals surface area contributed by atoms with Crippen molar-refractivity contribution in [3.05, 3.63) is 23.3 Å². The number of nitrogens with two attached hydrogens (primary N) is 1. The molecule has 1 aliphatic rings. The highest BCUT2D eigenvalue weighted by atomic mass is 32.2. The third-order valence-electron chi connectivity index (χ3n) is 4.18. The van der Waals surface area contributed by atoms with Crippen LogP contribution < -0.4 is 10.5 Å². The summed E-state index contributed by atoms with van der Waals surface area (Å²) in [6.07, 6.45) is 2.54. The fourth-order valence-corrected chi connectivity index (χ4v) is 4.61. The molecule has 4 N–H and O–H groups in total. The van der Waals surface area contributed by atoms with E-state index in [2.05, 4.69) is 4.72 Å². The van der Waals surface area contributed by atoms with E-state index < -0.39 is 10.0 Å². The number of aryl methyl sites for hydroxylation is 1. The van der Waals surface area contributed by atoms with Crippen molar-refractivity contribution in [1.29, 1.82) is 0 Å². The largest absolute Gasteiger partial charge is 0.398 e. The Bertz CT molecular complexity index is 599. The maximum absolute atomic E-state index is 12.6. The summed E-state index contributed by atoms with van der Waals surface area (Å²) in [5.41, 5.74) is 7.68. The Labute approximate surface area is 120 Å². The van der Waals surface area contributed by atoms with E-state index in [1.54, 1.807) is 13.0 Å². The monoisotopic (exact) mass is 298 g/mol. The van der Waals surface area contributed by atoms with Crippen molar-refractivity contribution in [2.75, 3.05) is 12.3 Å². The van der Waals surface area contributed by atoms with Crippen LogP contribution in [0.5, 0.6) is 0 Å². The smallest absolute Gasteiger partial charge is 0.243 e. The molecule has 1 fully saturated rings. The van der Waals surface area contributed by atoms with Gasteiger partial charge in [0.15, 0.2) is 0 Å². The van der Waals surface area contributed by atoms with Crippen LogP contribution >= 0.6 is 0 Å². The van der Waals surface area contributed by atoms with E-state index in [0.29, 0.717) is 5.56 Å². The molecule has 112 valence electrons. The van der Waals surface area contributed by atoms with Gasteiger partial charge in [0, 0.05) is 12.6 Å². The van der Waals surface area contributed by atoms with E-state index >= 15 is 0 Å². The van der Waals surface area contributed by atoms with Crippen molar-refractivity contribution in [1.82, 2.24) is 4.72 Å². The highest BCUT2D eigenvalue weighted by molar-refractivity contribution is 7.89. The first-order chi connectivity index (χ1) is 9.36. The topological polar surface area (TPSA) is 92.4 Å². The molecule has 1 aromatic rings. The van der Waals surface area contributed by atoms with Gasteiger partial charge in [0.1, 0.15) is 4.90 Å². The summed E-state index contributed by atoms with van der Waals surface area (Å²) < 4.78 is 27.9. The van der Waals surface area contributed by atoms with Gasteiger partial charge in [0.05, 0.1) is 5.69 Å². The fraction of sp³-hybridized carbons (Fsp3) is 0.571. The Hall–Kier alpha value is -1.11. The minimum Gasteiger partial charge on any atom is -0.398 e. The van der Waals surface area contributed by atoms with Gasteiger partial charge in [-0.25, -0.2) is 13.1 Å². The second-order valence-electron chi connectivity index (χ2n) is 5.53. The summed E-state index contributed by atoms with van der Waals surface area (Å²) >= 11 is 0. The molecular weight excluding hydrogens is 276 g/mol. The lowest BCUT2D eigenvalue weighted by Gasteiger charge is -2.21. The van der Waals surface area contributed by atoms with Crippen LogP contribution in [0, 0.1) is 19.8 Å². The highest BCUT2D eigenvalue weighted by Gasteiger charge is 2.32. The Kier molecular flexibility index (Phi) is 4.36. The van der Waals surface area contributed by atoms with Crippen molar-refractivity contribution >= 4 is 15.7 Å². The SMILES string of the molecule is Cc1ccc(N)c(S(=O)(=O)NC2CCCC2CO)c1C. The molecule has 0 saturated heterocycles. The molecule has 6 heteroatoms. The molecule has 2 atom stereocenters. The molecule has 0 amide bonds. The predicted molar refractivity (Wildman–Crippen MR) is 78.9 cm³/mol. The molecular formula is C14H22N2O3S. The van der Waals surface area contributed by atoms with Crippen molar-refractivity contribution in [2.24, 2.45) is 5.92 Å². The molecule has 2 unspecified atom stereocenters. The Morgan fingerprint density at radius 3 is 2.70 bits per heavy atom. The van der Waals surface area contributed by atoms with Crippen LogP contribution in [0.25, 0.3) is 0 Å². The van der Waals surface area contributed by atoms with Crippen molar-refractivity contribution in [2.45, 2.75) is 44.0 Å². The van der Waals surface area contributed by atoms with Gasteiger partial charge < -0.3 is 10.8 Å². The summed E-state index contributed by atoms with van der Waals surface area (Å²) in [5, 5.41) is 9.30. The van der Waals surface area contributed by atoms with E-state index in [4.69, 9.17) is 5.73 Å². The van der Waals surface area contributed by atoms with Gasteiger partial charge >= 0.3 is 0 Å². The summed E-state index contributed by atoms with van der Waals surface area (Å²) in [6.45, 7) is 3.63. The number of rotatable bonds is 4. The van der Waals surface area contributed by atoms with Gasteiger partial charge in [0.2, 0.25) is 10.0 Å². The Morgan fingerprint density at radius 1 is 1.35 bits per heavy atom. The van der Waals surface area contributed by atoms with E-state index in [1.165, 1.54) is 0 Å². The van der Waals surface area contributed by atoms with Crippen LogP contribution in [-0.2, 0) is 10.0 Å². The predicted octanol–water partition coefficient (Wildman–Crippen LogP) is 1.32. The van der Waals surface area contributed by atoms with Crippen molar-refractivity contribution in [3.63, 3.8) is 0 Å². The lowest BCUT2D eigenvalue weighted by molar-refractivity contribution is 0.213. The Balaban J connectivity index is 2.34. The third-order valence-corrected chi connectivity index (χ3v) is 5.87. The van der Waals surface area contributed by atoms with Gasteiger partial charge in [0.25, 0.3) is 0 Å². The third kappa shape index (κ3) is 2.82. The van der Waals surface area contributed by atoms with Gasteiger partial charge in [-0.15, -0.1) is 0 Å². The number of nitrogens with one attached hydrogen (secondary N) is 1. The number of aliphatic hydroxyl groups is 1. The van der Waals surface area contributed by atoms with Crippen molar-refractivity contribution < 1.29 is 13.5 Å². The van der Waals surface area contributed by atoms with E-state index in [1.807, 2.05) is 13.0 Å². The lowest BCUT2D eigenvalue weighted by Crippen LogP contribution is -2.39. The zero-order chi connectivity index (χ0) is 14.9. The molecule has 1 aromatic carbocycles. The second-order valence-corrected chi connectivity index (χ2v) is 7.18. The molecule has 0 heterocycles. The molecule has 1 saturated carbocycles.